The van der Waals surface area contributed by atoms with Gasteiger partial charge >= 0.3 is 12.0 Å². The number of urea groups is 1. The Hall–Kier alpha value is -1.26. The first-order valence-electron chi connectivity index (χ1n) is 4.89. The van der Waals surface area contributed by atoms with Crippen LogP contribution in [-0.4, -0.2) is 41.1 Å². The normalized spacial score (nSPS) is 18.8. The van der Waals surface area contributed by atoms with Crippen LogP contribution in [0.25, 0.3) is 0 Å². The van der Waals surface area contributed by atoms with E-state index in [1.165, 1.54) is 6.92 Å². The van der Waals surface area contributed by atoms with Crippen LogP contribution in [0, 0.1) is 0 Å². The molecule has 0 aromatic rings. The van der Waals surface area contributed by atoms with E-state index >= 15 is 0 Å². The van der Waals surface area contributed by atoms with Gasteiger partial charge in [0.25, 0.3) is 0 Å². The molecule has 0 bridgehead atoms. The summed E-state index contributed by atoms with van der Waals surface area (Å²) >= 11 is 0. The largest absolute Gasteiger partial charge is 0.480 e. The molecule has 0 unspecified atom stereocenters. The Kier molecular flexibility index (Phi) is 3.73. The molecule has 0 aliphatic carbocycles. The number of piperidine rings is 1. The number of rotatable bonds is 2. The lowest BCUT2D eigenvalue weighted by Crippen LogP contribution is -2.48. The molecule has 1 atom stereocenters. The third-order valence-corrected chi connectivity index (χ3v) is 2.35. The molecule has 0 aromatic carbocycles. The summed E-state index contributed by atoms with van der Waals surface area (Å²) in [4.78, 5) is 23.6. The molecule has 0 aromatic heterocycles. The summed E-state index contributed by atoms with van der Waals surface area (Å²) in [5.74, 6) is -1.00. The maximum absolute atomic E-state index is 11.5. The number of carbonyl (C=O) groups excluding carboxylic acids is 1. The van der Waals surface area contributed by atoms with Crippen LogP contribution >= 0.6 is 0 Å². The number of likely N-dealkylation sites (tertiary alicyclic amines) is 1. The number of amides is 2. The predicted molar refractivity (Wildman–Crippen MR) is 51.1 cm³/mol. The molecule has 2 amide bonds. The molecule has 5 heteroatoms. The first-order chi connectivity index (χ1) is 6.61. The molecular weight excluding hydrogens is 184 g/mol. The standard InChI is InChI=1S/C9H16N2O3/c1-7(8(12)13)10-9(14)11-5-3-2-4-6-11/h7H,2-6H2,1H3,(H,10,14)(H,12,13)/t7-/m1/s1. The van der Waals surface area contributed by atoms with E-state index in [2.05, 4.69) is 5.32 Å². The SMILES string of the molecule is C[C@@H](NC(=O)N1CCCCC1)C(=O)O. The van der Waals surface area contributed by atoms with Crippen molar-refractivity contribution >= 4 is 12.0 Å². The number of carbonyl (C=O) groups is 2. The molecule has 1 heterocycles. The van der Waals surface area contributed by atoms with E-state index in [1.54, 1.807) is 4.90 Å². The smallest absolute Gasteiger partial charge is 0.325 e. The molecule has 5 nitrogen and oxygen atoms in total. The van der Waals surface area contributed by atoms with Crippen LogP contribution in [0.2, 0.25) is 0 Å². The minimum absolute atomic E-state index is 0.264. The lowest BCUT2D eigenvalue weighted by atomic mass is 10.1. The van der Waals surface area contributed by atoms with Crippen molar-refractivity contribution in [2.24, 2.45) is 0 Å². The van der Waals surface area contributed by atoms with Crippen molar-refractivity contribution in [1.82, 2.24) is 10.2 Å². The highest BCUT2D eigenvalue weighted by atomic mass is 16.4. The van der Waals surface area contributed by atoms with Crippen molar-refractivity contribution in [3.63, 3.8) is 0 Å². The second-order valence-electron chi connectivity index (χ2n) is 3.56. The number of nitrogens with one attached hydrogen (secondary N) is 1. The van der Waals surface area contributed by atoms with Gasteiger partial charge in [-0.25, -0.2) is 4.79 Å². The van der Waals surface area contributed by atoms with Gasteiger partial charge in [0, 0.05) is 13.1 Å². The van der Waals surface area contributed by atoms with Gasteiger partial charge in [0.1, 0.15) is 6.04 Å². The van der Waals surface area contributed by atoms with Crippen molar-refractivity contribution in [3.8, 4) is 0 Å². The van der Waals surface area contributed by atoms with Gasteiger partial charge in [-0.15, -0.1) is 0 Å². The Morgan fingerprint density at radius 2 is 1.86 bits per heavy atom. The lowest BCUT2D eigenvalue weighted by molar-refractivity contribution is -0.138. The van der Waals surface area contributed by atoms with Crippen LogP contribution in [0.4, 0.5) is 4.79 Å². The highest BCUT2D eigenvalue weighted by Crippen LogP contribution is 2.08. The lowest BCUT2D eigenvalue weighted by Gasteiger charge is -2.27. The van der Waals surface area contributed by atoms with Crippen LogP contribution in [-0.2, 0) is 4.79 Å². The van der Waals surface area contributed by atoms with Crippen LogP contribution in [0.5, 0.6) is 0 Å². The summed E-state index contributed by atoms with van der Waals surface area (Å²) in [6, 6.07) is -1.08. The van der Waals surface area contributed by atoms with Gasteiger partial charge in [-0.3, -0.25) is 4.79 Å². The van der Waals surface area contributed by atoms with Gasteiger partial charge in [-0.1, -0.05) is 0 Å². The van der Waals surface area contributed by atoms with Gasteiger partial charge < -0.3 is 15.3 Å². The number of hydrogen-bond acceptors (Lipinski definition) is 2. The number of nitrogens with zero attached hydrogens (tertiary/aromatic N) is 1. The van der Waals surface area contributed by atoms with Gasteiger partial charge in [0.2, 0.25) is 0 Å². The fourth-order valence-electron chi connectivity index (χ4n) is 1.44. The number of carboxylic acids is 1. The van der Waals surface area contributed by atoms with Crippen molar-refractivity contribution in [3.05, 3.63) is 0 Å². The zero-order valence-electron chi connectivity index (χ0n) is 8.32. The van der Waals surface area contributed by atoms with E-state index in [0.717, 1.165) is 32.4 Å². The molecule has 1 saturated heterocycles. The summed E-state index contributed by atoms with van der Waals surface area (Å²) in [6.07, 6.45) is 3.17. The van der Waals surface area contributed by atoms with Gasteiger partial charge in [-0.2, -0.15) is 0 Å². The minimum Gasteiger partial charge on any atom is -0.480 e. The molecule has 1 fully saturated rings. The van der Waals surface area contributed by atoms with E-state index in [9.17, 15) is 9.59 Å². The van der Waals surface area contributed by atoms with Crippen LogP contribution in [0.1, 0.15) is 26.2 Å². The third kappa shape index (κ3) is 2.90. The van der Waals surface area contributed by atoms with Crippen LogP contribution < -0.4 is 5.32 Å². The van der Waals surface area contributed by atoms with Crippen molar-refractivity contribution in [2.75, 3.05) is 13.1 Å². The fraction of sp³-hybridized carbons (Fsp3) is 0.778. The quantitative estimate of drug-likeness (QED) is 0.687. The zero-order chi connectivity index (χ0) is 10.6. The maximum atomic E-state index is 11.5. The monoisotopic (exact) mass is 200 g/mol. The van der Waals surface area contributed by atoms with E-state index in [1.807, 2.05) is 0 Å². The Bertz CT molecular complexity index is 224. The highest BCUT2D eigenvalue weighted by Gasteiger charge is 2.20. The van der Waals surface area contributed by atoms with E-state index in [-0.39, 0.29) is 6.03 Å². The molecule has 14 heavy (non-hydrogen) atoms. The summed E-state index contributed by atoms with van der Waals surface area (Å²) in [5, 5.41) is 11.0. The summed E-state index contributed by atoms with van der Waals surface area (Å²) in [6.45, 7) is 2.93. The second kappa shape index (κ2) is 4.83. The summed E-state index contributed by atoms with van der Waals surface area (Å²) in [7, 11) is 0. The molecule has 0 spiro atoms. The summed E-state index contributed by atoms with van der Waals surface area (Å²) < 4.78 is 0. The number of hydrogen-bond donors (Lipinski definition) is 2. The molecule has 0 saturated carbocycles. The van der Waals surface area contributed by atoms with E-state index in [0.29, 0.717) is 0 Å². The van der Waals surface area contributed by atoms with Crippen molar-refractivity contribution < 1.29 is 14.7 Å². The second-order valence-corrected chi connectivity index (χ2v) is 3.56. The van der Waals surface area contributed by atoms with Gasteiger partial charge in [0.05, 0.1) is 0 Å². The minimum atomic E-state index is -1.00. The first-order valence-corrected chi connectivity index (χ1v) is 4.89. The Labute approximate surface area is 83.1 Å². The van der Waals surface area contributed by atoms with E-state index < -0.39 is 12.0 Å². The average molecular weight is 200 g/mol. The Morgan fingerprint density at radius 1 is 1.29 bits per heavy atom. The first kappa shape index (κ1) is 10.8. The highest BCUT2D eigenvalue weighted by molar-refractivity contribution is 5.82. The molecule has 1 aliphatic rings. The Morgan fingerprint density at radius 3 is 2.36 bits per heavy atom. The van der Waals surface area contributed by atoms with Crippen molar-refractivity contribution in [2.45, 2.75) is 32.2 Å². The number of carboxylic acid groups (broad SMARTS) is 1. The Balaban J connectivity index is 2.36. The van der Waals surface area contributed by atoms with Crippen LogP contribution in [0.3, 0.4) is 0 Å². The average Bonchev–Trinajstić information content (AvgIpc) is 2.19. The van der Waals surface area contributed by atoms with Crippen LogP contribution in [0.15, 0.2) is 0 Å². The maximum Gasteiger partial charge on any atom is 0.325 e. The topological polar surface area (TPSA) is 69.6 Å². The predicted octanol–water partition coefficient (Wildman–Crippen LogP) is 0.655. The van der Waals surface area contributed by atoms with Gasteiger partial charge in [0.15, 0.2) is 0 Å². The fourth-order valence-corrected chi connectivity index (χ4v) is 1.44. The molecule has 2 N–H and O–H groups in total. The number of aliphatic carboxylic acids is 1. The molecule has 1 aliphatic heterocycles. The molecular formula is C9H16N2O3. The zero-order valence-corrected chi connectivity index (χ0v) is 8.32. The molecule has 0 radical (unpaired) electrons. The van der Waals surface area contributed by atoms with Gasteiger partial charge in [-0.05, 0) is 26.2 Å². The third-order valence-electron chi connectivity index (χ3n) is 2.35. The van der Waals surface area contributed by atoms with Crippen molar-refractivity contribution in [1.29, 1.82) is 0 Å². The molecule has 1 rings (SSSR count). The summed E-state index contributed by atoms with van der Waals surface area (Å²) in [5.41, 5.74) is 0. The molecule has 80 valence electrons. The van der Waals surface area contributed by atoms with E-state index in [4.69, 9.17) is 5.11 Å².